The highest BCUT2D eigenvalue weighted by molar-refractivity contribution is 9.10. The van der Waals surface area contributed by atoms with Crippen LogP contribution in [0.5, 0.6) is 0 Å². The van der Waals surface area contributed by atoms with Gasteiger partial charge in [0.05, 0.1) is 15.9 Å². The molecule has 0 aromatic carbocycles. The van der Waals surface area contributed by atoms with Crippen LogP contribution in [0.15, 0.2) is 4.47 Å². The van der Waals surface area contributed by atoms with Crippen LogP contribution in [0.1, 0.15) is 24.7 Å². The number of aryl methyl sites for hydroxylation is 2. The Bertz CT molecular complexity index is 374. The Hall–Kier alpha value is -0.390. The molecular weight excluding hydrogens is 268 g/mol. The van der Waals surface area contributed by atoms with E-state index in [0.717, 1.165) is 42.8 Å². The van der Waals surface area contributed by atoms with Gasteiger partial charge in [0, 0.05) is 32.2 Å². The van der Waals surface area contributed by atoms with Gasteiger partial charge in [0.15, 0.2) is 0 Å². The Balaban J connectivity index is 2.14. The molecule has 4 nitrogen and oxygen atoms in total. The van der Waals surface area contributed by atoms with E-state index in [2.05, 4.69) is 37.5 Å². The molecule has 1 atom stereocenters. The molecular formula is C11H19BrN4. The maximum absolute atomic E-state index is 5.92. The van der Waals surface area contributed by atoms with Gasteiger partial charge in [-0.2, -0.15) is 5.10 Å². The summed E-state index contributed by atoms with van der Waals surface area (Å²) < 4.78 is 3.22. The van der Waals surface area contributed by atoms with Crippen molar-refractivity contribution in [3.05, 3.63) is 15.9 Å². The Kier molecular flexibility index (Phi) is 3.66. The lowest BCUT2D eigenvalue weighted by molar-refractivity contribution is 0.314. The van der Waals surface area contributed by atoms with Crippen molar-refractivity contribution in [1.29, 1.82) is 0 Å². The van der Waals surface area contributed by atoms with Gasteiger partial charge in [0.1, 0.15) is 0 Å². The van der Waals surface area contributed by atoms with E-state index in [1.54, 1.807) is 0 Å². The van der Waals surface area contributed by atoms with Crippen LogP contribution in [-0.4, -0.2) is 33.8 Å². The number of rotatable bonds is 3. The third-order valence-corrected chi connectivity index (χ3v) is 4.17. The Morgan fingerprint density at radius 1 is 1.56 bits per heavy atom. The molecule has 0 bridgehead atoms. The molecule has 0 aliphatic carbocycles. The predicted molar refractivity (Wildman–Crippen MR) is 68.2 cm³/mol. The number of nitrogens with two attached hydrogens (primary N) is 1. The number of halogens is 1. The lowest BCUT2D eigenvalue weighted by atomic mass is 10.3. The van der Waals surface area contributed by atoms with E-state index in [-0.39, 0.29) is 0 Å². The first-order valence-corrected chi connectivity index (χ1v) is 6.60. The molecule has 0 radical (unpaired) electrons. The first kappa shape index (κ1) is 12.1. The Morgan fingerprint density at radius 3 is 2.88 bits per heavy atom. The third-order valence-electron chi connectivity index (χ3n) is 3.14. The van der Waals surface area contributed by atoms with E-state index in [1.165, 1.54) is 5.69 Å². The maximum atomic E-state index is 5.92. The number of likely N-dealkylation sites (tertiary alicyclic amines) is 1. The predicted octanol–water partition coefficient (Wildman–Crippen LogP) is 1.51. The second-order valence-corrected chi connectivity index (χ2v) is 5.24. The van der Waals surface area contributed by atoms with E-state index < -0.39 is 0 Å². The fourth-order valence-corrected chi connectivity index (χ4v) is 2.65. The fourth-order valence-electron chi connectivity index (χ4n) is 2.24. The summed E-state index contributed by atoms with van der Waals surface area (Å²) in [5.41, 5.74) is 8.26. The van der Waals surface area contributed by atoms with E-state index in [4.69, 9.17) is 5.73 Å². The van der Waals surface area contributed by atoms with Crippen molar-refractivity contribution in [1.82, 2.24) is 14.7 Å². The number of aromatic nitrogens is 2. The van der Waals surface area contributed by atoms with Gasteiger partial charge in [0.2, 0.25) is 0 Å². The average molecular weight is 287 g/mol. The van der Waals surface area contributed by atoms with Gasteiger partial charge >= 0.3 is 0 Å². The first-order valence-electron chi connectivity index (χ1n) is 5.81. The second-order valence-electron chi connectivity index (χ2n) is 4.45. The SMILES string of the molecule is CCn1nc(C)c(Br)c1CN1CC[C@H](N)C1. The third kappa shape index (κ3) is 2.31. The molecule has 90 valence electrons. The molecule has 0 amide bonds. The molecule has 1 fully saturated rings. The van der Waals surface area contributed by atoms with Crippen LogP contribution in [0.4, 0.5) is 0 Å². The topological polar surface area (TPSA) is 47.1 Å². The smallest absolute Gasteiger partial charge is 0.0739 e. The largest absolute Gasteiger partial charge is 0.326 e. The van der Waals surface area contributed by atoms with Crippen LogP contribution >= 0.6 is 15.9 Å². The molecule has 1 aliphatic heterocycles. The van der Waals surface area contributed by atoms with Gasteiger partial charge in [-0.1, -0.05) is 0 Å². The minimum absolute atomic E-state index is 0.345. The van der Waals surface area contributed by atoms with Crippen LogP contribution < -0.4 is 5.73 Å². The molecule has 0 spiro atoms. The molecule has 0 unspecified atom stereocenters. The second kappa shape index (κ2) is 4.85. The normalized spacial score (nSPS) is 21.9. The molecule has 1 aliphatic rings. The summed E-state index contributed by atoms with van der Waals surface area (Å²) in [5.74, 6) is 0. The van der Waals surface area contributed by atoms with E-state index >= 15 is 0 Å². The van der Waals surface area contributed by atoms with Crippen LogP contribution in [0.25, 0.3) is 0 Å². The minimum atomic E-state index is 0.345. The van der Waals surface area contributed by atoms with Crippen molar-refractivity contribution in [3.63, 3.8) is 0 Å². The summed E-state index contributed by atoms with van der Waals surface area (Å²) in [6, 6.07) is 0.345. The summed E-state index contributed by atoms with van der Waals surface area (Å²) in [6.45, 7) is 8.13. The summed E-state index contributed by atoms with van der Waals surface area (Å²) in [5, 5.41) is 4.50. The van der Waals surface area contributed by atoms with Gasteiger partial charge in [-0.25, -0.2) is 0 Å². The van der Waals surface area contributed by atoms with Crippen LogP contribution in [0.2, 0.25) is 0 Å². The lowest BCUT2D eigenvalue weighted by Gasteiger charge is -2.16. The zero-order valence-corrected chi connectivity index (χ0v) is 11.5. The molecule has 0 saturated carbocycles. The van der Waals surface area contributed by atoms with Crippen molar-refractivity contribution in [3.8, 4) is 0 Å². The van der Waals surface area contributed by atoms with E-state index in [0.29, 0.717) is 6.04 Å². The highest BCUT2D eigenvalue weighted by Crippen LogP contribution is 2.23. The number of hydrogen-bond donors (Lipinski definition) is 1. The first-order chi connectivity index (χ1) is 7.61. The lowest BCUT2D eigenvalue weighted by Crippen LogP contribution is -2.27. The van der Waals surface area contributed by atoms with Crippen LogP contribution in [0, 0.1) is 6.92 Å². The molecule has 1 aromatic rings. The number of hydrogen-bond acceptors (Lipinski definition) is 3. The molecule has 5 heteroatoms. The monoisotopic (exact) mass is 286 g/mol. The van der Waals surface area contributed by atoms with E-state index in [9.17, 15) is 0 Å². The highest BCUT2D eigenvalue weighted by atomic mass is 79.9. The quantitative estimate of drug-likeness (QED) is 0.916. The van der Waals surface area contributed by atoms with E-state index in [1.807, 2.05) is 6.92 Å². The summed E-state index contributed by atoms with van der Waals surface area (Å²) >= 11 is 3.62. The van der Waals surface area contributed by atoms with Gasteiger partial charge in [0.25, 0.3) is 0 Å². The van der Waals surface area contributed by atoms with Crippen molar-refractivity contribution in [2.45, 2.75) is 39.4 Å². The molecule has 2 heterocycles. The fraction of sp³-hybridized carbons (Fsp3) is 0.727. The zero-order chi connectivity index (χ0) is 11.7. The Labute approximate surface area is 105 Å². The van der Waals surface area contributed by atoms with Crippen molar-refractivity contribution < 1.29 is 0 Å². The maximum Gasteiger partial charge on any atom is 0.0739 e. The summed E-state index contributed by atoms with van der Waals surface area (Å²) in [7, 11) is 0. The van der Waals surface area contributed by atoms with Crippen molar-refractivity contribution >= 4 is 15.9 Å². The molecule has 1 aromatic heterocycles. The van der Waals surface area contributed by atoms with Gasteiger partial charge < -0.3 is 5.73 Å². The van der Waals surface area contributed by atoms with Gasteiger partial charge in [-0.15, -0.1) is 0 Å². The average Bonchev–Trinajstić information content (AvgIpc) is 2.77. The summed E-state index contributed by atoms with van der Waals surface area (Å²) in [6.07, 6.45) is 1.11. The van der Waals surface area contributed by atoms with Gasteiger partial charge in [-0.05, 0) is 36.2 Å². The minimum Gasteiger partial charge on any atom is -0.326 e. The molecule has 16 heavy (non-hydrogen) atoms. The van der Waals surface area contributed by atoms with Crippen LogP contribution in [0.3, 0.4) is 0 Å². The Morgan fingerprint density at radius 2 is 2.31 bits per heavy atom. The molecule has 2 N–H and O–H groups in total. The zero-order valence-electron chi connectivity index (χ0n) is 9.91. The standard InChI is InChI=1S/C11H19BrN4/c1-3-16-10(11(12)8(2)14-16)7-15-5-4-9(13)6-15/h9H,3-7,13H2,1-2H3/t9-/m0/s1. The molecule has 1 saturated heterocycles. The summed E-state index contributed by atoms with van der Waals surface area (Å²) in [4.78, 5) is 2.40. The van der Waals surface area contributed by atoms with Gasteiger partial charge in [-0.3, -0.25) is 9.58 Å². The van der Waals surface area contributed by atoms with Crippen molar-refractivity contribution in [2.24, 2.45) is 5.73 Å². The molecule has 2 rings (SSSR count). The van der Waals surface area contributed by atoms with Crippen molar-refractivity contribution in [2.75, 3.05) is 13.1 Å². The highest BCUT2D eigenvalue weighted by Gasteiger charge is 2.22. The number of nitrogens with zero attached hydrogens (tertiary/aromatic N) is 3. The van der Waals surface area contributed by atoms with Crippen LogP contribution in [-0.2, 0) is 13.1 Å².